The van der Waals surface area contributed by atoms with E-state index in [4.69, 9.17) is 4.42 Å². The van der Waals surface area contributed by atoms with Crippen molar-refractivity contribution in [2.24, 2.45) is 0 Å². The molecule has 5 rings (SSSR count). The summed E-state index contributed by atoms with van der Waals surface area (Å²) in [6.45, 7) is 0. The number of aromatic nitrogens is 1. The molecule has 0 aliphatic heterocycles. The molecule has 0 saturated heterocycles. The summed E-state index contributed by atoms with van der Waals surface area (Å²) in [4.78, 5) is 4.56. The second kappa shape index (κ2) is 6.58. The van der Waals surface area contributed by atoms with Gasteiger partial charge in [-0.1, -0.05) is 78.9 Å². The standard InChI is InChI=1S/C25H17NO/c1-2-6-18(7-3-1)19-10-12-20(13-11-19)21-14-16-22(17-15-21)25-26-23-8-4-5-9-24(23)27-25/h1-17H. The molecule has 0 atom stereocenters. The molecule has 2 heteroatoms. The quantitative estimate of drug-likeness (QED) is 0.357. The lowest BCUT2D eigenvalue weighted by Crippen LogP contribution is -1.82. The van der Waals surface area contributed by atoms with E-state index in [9.17, 15) is 0 Å². The number of oxazole rings is 1. The third kappa shape index (κ3) is 3.02. The maximum Gasteiger partial charge on any atom is 0.227 e. The van der Waals surface area contributed by atoms with Gasteiger partial charge in [-0.15, -0.1) is 0 Å². The third-order valence-corrected chi connectivity index (χ3v) is 4.75. The first-order chi connectivity index (χ1) is 13.4. The second-order valence-corrected chi connectivity index (χ2v) is 6.51. The average molecular weight is 347 g/mol. The molecule has 27 heavy (non-hydrogen) atoms. The van der Waals surface area contributed by atoms with Crippen LogP contribution in [0.25, 0.3) is 44.8 Å². The molecule has 0 aliphatic carbocycles. The van der Waals surface area contributed by atoms with Crippen LogP contribution in [-0.4, -0.2) is 4.98 Å². The van der Waals surface area contributed by atoms with E-state index in [-0.39, 0.29) is 0 Å². The van der Waals surface area contributed by atoms with Gasteiger partial charge < -0.3 is 4.42 Å². The molecule has 0 unspecified atom stereocenters. The first-order valence-corrected chi connectivity index (χ1v) is 8.99. The zero-order valence-corrected chi connectivity index (χ0v) is 14.7. The van der Waals surface area contributed by atoms with Gasteiger partial charge >= 0.3 is 0 Å². The molecule has 0 radical (unpaired) electrons. The van der Waals surface area contributed by atoms with Gasteiger partial charge in [-0.2, -0.15) is 0 Å². The number of rotatable bonds is 3. The zero-order valence-electron chi connectivity index (χ0n) is 14.7. The van der Waals surface area contributed by atoms with E-state index in [0.29, 0.717) is 5.89 Å². The summed E-state index contributed by atoms with van der Waals surface area (Å²) in [7, 11) is 0. The number of hydrogen-bond acceptors (Lipinski definition) is 2. The molecule has 0 N–H and O–H groups in total. The minimum Gasteiger partial charge on any atom is -0.436 e. The van der Waals surface area contributed by atoms with Gasteiger partial charge in [-0.3, -0.25) is 0 Å². The van der Waals surface area contributed by atoms with Gasteiger partial charge in [0, 0.05) is 5.56 Å². The van der Waals surface area contributed by atoms with E-state index in [1.54, 1.807) is 0 Å². The predicted octanol–water partition coefficient (Wildman–Crippen LogP) is 6.83. The summed E-state index contributed by atoms with van der Waals surface area (Å²) in [6.07, 6.45) is 0. The maximum atomic E-state index is 5.85. The minimum atomic E-state index is 0.655. The minimum absolute atomic E-state index is 0.655. The van der Waals surface area contributed by atoms with E-state index in [1.165, 1.54) is 22.3 Å². The lowest BCUT2D eigenvalue weighted by Gasteiger charge is -2.05. The Morgan fingerprint density at radius 2 is 0.926 bits per heavy atom. The van der Waals surface area contributed by atoms with Crippen molar-refractivity contribution < 1.29 is 4.42 Å². The lowest BCUT2D eigenvalue weighted by atomic mass is 10.00. The Hall–Kier alpha value is -3.65. The van der Waals surface area contributed by atoms with E-state index in [2.05, 4.69) is 77.8 Å². The average Bonchev–Trinajstić information content (AvgIpc) is 3.19. The van der Waals surface area contributed by atoms with Crippen LogP contribution in [0, 0.1) is 0 Å². The van der Waals surface area contributed by atoms with E-state index >= 15 is 0 Å². The van der Waals surface area contributed by atoms with Crippen LogP contribution in [-0.2, 0) is 0 Å². The van der Waals surface area contributed by atoms with Crippen LogP contribution in [0.15, 0.2) is 108 Å². The Balaban J connectivity index is 1.43. The molecular weight excluding hydrogens is 330 g/mol. The monoisotopic (exact) mass is 347 g/mol. The molecule has 4 aromatic carbocycles. The van der Waals surface area contributed by atoms with Gasteiger partial charge in [-0.25, -0.2) is 4.98 Å². The summed E-state index contributed by atoms with van der Waals surface area (Å²) < 4.78 is 5.85. The van der Waals surface area contributed by atoms with Crippen molar-refractivity contribution in [3.63, 3.8) is 0 Å². The Kier molecular flexibility index (Phi) is 3.80. The van der Waals surface area contributed by atoms with Crippen molar-refractivity contribution in [1.82, 2.24) is 4.98 Å². The summed E-state index contributed by atoms with van der Waals surface area (Å²) in [5, 5.41) is 0. The van der Waals surface area contributed by atoms with Crippen molar-refractivity contribution in [1.29, 1.82) is 0 Å². The van der Waals surface area contributed by atoms with Crippen LogP contribution >= 0.6 is 0 Å². The fraction of sp³-hybridized carbons (Fsp3) is 0. The lowest BCUT2D eigenvalue weighted by molar-refractivity contribution is 0.620. The van der Waals surface area contributed by atoms with E-state index in [1.807, 2.05) is 30.3 Å². The molecule has 0 fully saturated rings. The predicted molar refractivity (Wildman–Crippen MR) is 110 cm³/mol. The molecule has 0 bridgehead atoms. The maximum absolute atomic E-state index is 5.85. The summed E-state index contributed by atoms with van der Waals surface area (Å²) in [5.74, 6) is 0.655. The van der Waals surface area contributed by atoms with Gasteiger partial charge in [0.2, 0.25) is 5.89 Å². The fourth-order valence-corrected chi connectivity index (χ4v) is 3.29. The first-order valence-electron chi connectivity index (χ1n) is 8.99. The van der Waals surface area contributed by atoms with Gasteiger partial charge in [0.1, 0.15) is 5.52 Å². The Morgan fingerprint density at radius 3 is 1.52 bits per heavy atom. The number of nitrogens with zero attached hydrogens (tertiary/aromatic N) is 1. The van der Waals surface area contributed by atoms with Crippen LogP contribution in [0.3, 0.4) is 0 Å². The molecule has 128 valence electrons. The normalized spacial score (nSPS) is 11.0. The smallest absolute Gasteiger partial charge is 0.227 e. The SMILES string of the molecule is c1ccc(-c2ccc(-c3ccc(-c4nc5ccccc5o4)cc3)cc2)cc1. The second-order valence-electron chi connectivity index (χ2n) is 6.51. The topological polar surface area (TPSA) is 26.0 Å². The Bertz CT molecular complexity index is 1150. The highest BCUT2D eigenvalue weighted by Gasteiger charge is 2.08. The summed E-state index contributed by atoms with van der Waals surface area (Å²) in [6, 6.07) is 35.3. The van der Waals surface area contributed by atoms with Crippen LogP contribution in [0.1, 0.15) is 0 Å². The Labute approximate surface area is 157 Å². The van der Waals surface area contributed by atoms with Gasteiger partial charge in [0.25, 0.3) is 0 Å². The van der Waals surface area contributed by atoms with Crippen LogP contribution in [0.2, 0.25) is 0 Å². The largest absolute Gasteiger partial charge is 0.436 e. The molecule has 5 aromatic rings. The molecule has 0 saturated carbocycles. The van der Waals surface area contributed by atoms with Crippen LogP contribution in [0.5, 0.6) is 0 Å². The van der Waals surface area contributed by atoms with Crippen LogP contribution in [0.4, 0.5) is 0 Å². The van der Waals surface area contributed by atoms with Gasteiger partial charge in [0.05, 0.1) is 0 Å². The number of fused-ring (bicyclic) bond motifs is 1. The molecule has 0 amide bonds. The van der Waals surface area contributed by atoms with Crippen molar-refractivity contribution >= 4 is 11.1 Å². The highest BCUT2D eigenvalue weighted by Crippen LogP contribution is 2.28. The number of para-hydroxylation sites is 2. The summed E-state index contributed by atoms with van der Waals surface area (Å²) in [5.41, 5.74) is 7.50. The van der Waals surface area contributed by atoms with Crippen molar-refractivity contribution in [2.45, 2.75) is 0 Å². The molecule has 1 heterocycles. The molecule has 2 nitrogen and oxygen atoms in total. The van der Waals surface area contributed by atoms with Gasteiger partial charge in [0.15, 0.2) is 5.58 Å². The molecular formula is C25H17NO. The number of hydrogen-bond donors (Lipinski definition) is 0. The van der Waals surface area contributed by atoms with Crippen molar-refractivity contribution in [2.75, 3.05) is 0 Å². The zero-order chi connectivity index (χ0) is 18.1. The van der Waals surface area contributed by atoms with E-state index in [0.717, 1.165) is 16.7 Å². The van der Waals surface area contributed by atoms with Crippen molar-refractivity contribution in [3.05, 3.63) is 103 Å². The van der Waals surface area contributed by atoms with Gasteiger partial charge in [-0.05, 0) is 46.5 Å². The number of benzene rings is 4. The van der Waals surface area contributed by atoms with E-state index < -0.39 is 0 Å². The Morgan fingerprint density at radius 1 is 0.444 bits per heavy atom. The van der Waals surface area contributed by atoms with Crippen molar-refractivity contribution in [3.8, 4) is 33.7 Å². The summed E-state index contributed by atoms with van der Waals surface area (Å²) >= 11 is 0. The highest BCUT2D eigenvalue weighted by atomic mass is 16.3. The molecule has 0 spiro atoms. The third-order valence-electron chi connectivity index (χ3n) is 4.75. The first kappa shape index (κ1) is 15.6. The fourth-order valence-electron chi connectivity index (χ4n) is 3.29. The molecule has 1 aromatic heterocycles. The highest BCUT2D eigenvalue weighted by molar-refractivity contribution is 5.77. The van der Waals surface area contributed by atoms with Crippen LogP contribution < -0.4 is 0 Å². The molecule has 0 aliphatic rings.